The highest BCUT2D eigenvalue weighted by Gasteiger charge is 1.98. The van der Waals surface area contributed by atoms with Crippen LogP contribution >= 0.6 is 11.8 Å². The van der Waals surface area contributed by atoms with E-state index in [4.69, 9.17) is 10.5 Å². The van der Waals surface area contributed by atoms with E-state index in [1.165, 1.54) is 0 Å². The lowest BCUT2D eigenvalue weighted by atomic mass is 10.6. The number of nitrogens with zero attached hydrogens (tertiary/aromatic N) is 1. The number of anilines is 1. The van der Waals surface area contributed by atoms with Gasteiger partial charge in [-0.25, -0.2) is 4.98 Å². The number of aromatic amines is 1. The summed E-state index contributed by atoms with van der Waals surface area (Å²) in [6.45, 7) is 0.695. The second-order valence-electron chi connectivity index (χ2n) is 2.18. The zero-order chi connectivity index (χ0) is 8.81. The van der Waals surface area contributed by atoms with E-state index in [9.17, 15) is 0 Å². The Morgan fingerprint density at radius 1 is 1.75 bits per heavy atom. The minimum absolute atomic E-state index is 0.396. The maximum atomic E-state index is 5.36. The number of rotatable bonds is 4. The molecule has 0 saturated carbocycles. The van der Waals surface area contributed by atoms with Gasteiger partial charge in [-0.15, -0.1) is 0 Å². The van der Waals surface area contributed by atoms with E-state index in [1.54, 1.807) is 24.2 Å². The average Bonchev–Trinajstić information content (AvgIpc) is 2.09. The average molecular weight is 186 g/mol. The SMILES string of the molecule is CSCCOc1cnc(N)[nH+]c1. The molecule has 0 aliphatic rings. The molecule has 1 heterocycles. The minimum Gasteiger partial charge on any atom is -0.487 e. The molecule has 5 heteroatoms. The monoisotopic (exact) mass is 186 g/mol. The highest BCUT2D eigenvalue weighted by atomic mass is 32.2. The third kappa shape index (κ3) is 2.96. The van der Waals surface area contributed by atoms with Crippen molar-refractivity contribution in [1.29, 1.82) is 0 Å². The van der Waals surface area contributed by atoms with E-state index in [0.29, 0.717) is 12.6 Å². The fourth-order valence-electron chi connectivity index (χ4n) is 0.675. The molecule has 1 rings (SSSR count). The number of hydrogen-bond donors (Lipinski definition) is 1. The Bertz CT molecular complexity index is 227. The van der Waals surface area contributed by atoms with E-state index < -0.39 is 0 Å². The van der Waals surface area contributed by atoms with Crippen LogP contribution in [0.1, 0.15) is 0 Å². The highest BCUT2D eigenvalue weighted by Crippen LogP contribution is 2.04. The predicted molar refractivity (Wildman–Crippen MR) is 49.1 cm³/mol. The van der Waals surface area contributed by atoms with Crippen molar-refractivity contribution in [2.45, 2.75) is 0 Å². The Morgan fingerprint density at radius 3 is 3.17 bits per heavy atom. The van der Waals surface area contributed by atoms with Gasteiger partial charge >= 0.3 is 5.95 Å². The highest BCUT2D eigenvalue weighted by molar-refractivity contribution is 7.98. The molecule has 0 bridgehead atoms. The fraction of sp³-hybridized carbons (Fsp3) is 0.429. The summed E-state index contributed by atoms with van der Waals surface area (Å²) in [6, 6.07) is 0. The molecule has 1 aromatic rings. The molecule has 3 N–H and O–H groups in total. The lowest BCUT2D eigenvalue weighted by Crippen LogP contribution is -2.12. The molecule has 12 heavy (non-hydrogen) atoms. The Balaban J connectivity index is 2.37. The van der Waals surface area contributed by atoms with Crippen LogP contribution in [0.2, 0.25) is 0 Å². The van der Waals surface area contributed by atoms with Gasteiger partial charge in [-0.2, -0.15) is 11.8 Å². The van der Waals surface area contributed by atoms with Crippen LogP contribution in [0.3, 0.4) is 0 Å². The van der Waals surface area contributed by atoms with E-state index in [1.807, 2.05) is 6.26 Å². The van der Waals surface area contributed by atoms with Crippen LogP contribution in [-0.2, 0) is 0 Å². The summed E-state index contributed by atoms with van der Waals surface area (Å²) < 4.78 is 5.33. The van der Waals surface area contributed by atoms with Crippen LogP contribution < -0.4 is 15.5 Å². The van der Waals surface area contributed by atoms with Crippen molar-refractivity contribution >= 4 is 17.7 Å². The maximum Gasteiger partial charge on any atom is 0.387 e. The van der Waals surface area contributed by atoms with Crippen LogP contribution in [0.5, 0.6) is 5.75 Å². The van der Waals surface area contributed by atoms with Gasteiger partial charge in [-0.05, 0) is 6.26 Å². The molecule has 0 spiro atoms. The standard InChI is InChI=1S/C7H11N3OS/c1-12-3-2-11-6-4-9-7(8)10-5-6/h4-5H,2-3H2,1H3,(H2,8,9,10)/p+1. The number of nitrogens with one attached hydrogen (secondary N) is 1. The van der Waals surface area contributed by atoms with Gasteiger partial charge in [0, 0.05) is 5.75 Å². The smallest absolute Gasteiger partial charge is 0.387 e. The minimum atomic E-state index is 0.396. The van der Waals surface area contributed by atoms with Crippen molar-refractivity contribution in [2.24, 2.45) is 0 Å². The number of aromatic nitrogens is 2. The number of nitrogens with two attached hydrogens (primary N) is 1. The number of thioether (sulfide) groups is 1. The van der Waals surface area contributed by atoms with E-state index in [0.717, 1.165) is 11.5 Å². The largest absolute Gasteiger partial charge is 0.487 e. The number of ether oxygens (including phenoxy) is 1. The van der Waals surface area contributed by atoms with Crippen molar-refractivity contribution in [3.05, 3.63) is 12.4 Å². The summed E-state index contributed by atoms with van der Waals surface area (Å²) in [6.07, 6.45) is 5.34. The van der Waals surface area contributed by atoms with E-state index >= 15 is 0 Å². The lowest BCUT2D eigenvalue weighted by molar-refractivity contribution is -0.365. The normalized spacial score (nSPS) is 9.75. The Hall–Kier alpha value is -0.970. The molecule has 4 nitrogen and oxygen atoms in total. The number of nitrogen functional groups attached to an aromatic ring is 1. The van der Waals surface area contributed by atoms with Crippen LogP contribution in [0.4, 0.5) is 5.95 Å². The molecule has 0 atom stereocenters. The molecule has 0 unspecified atom stereocenters. The van der Waals surface area contributed by atoms with Gasteiger partial charge < -0.3 is 4.74 Å². The van der Waals surface area contributed by atoms with Gasteiger partial charge in [0.05, 0.1) is 6.61 Å². The Morgan fingerprint density at radius 2 is 2.58 bits per heavy atom. The molecular weight excluding hydrogens is 174 g/mol. The molecule has 1 aromatic heterocycles. The zero-order valence-corrected chi connectivity index (χ0v) is 7.73. The quantitative estimate of drug-likeness (QED) is 0.683. The van der Waals surface area contributed by atoms with Gasteiger partial charge in [-0.3, -0.25) is 5.73 Å². The molecular formula is C7H12N3OS+. The van der Waals surface area contributed by atoms with Gasteiger partial charge in [0.1, 0.15) is 6.20 Å². The molecule has 0 aliphatic carbocycles. The van der Waals surface area contributed by atoms with E-state index in [2.05, 4.69) is 9.97 Å². The second-order valence-corrected chi connectivity index (χ2v) is 3.16. The lowest BCUT2D eigenvalue weighted by Gasteiger charge is -2.00. The Kier molecular flexibility index (Phi) is 3.66. The predicted octanol–water partition coefficient (Wildman–Crippen LogP) is 0.220. The van der Waals surface area contributed by atoms with Crippen molar-refractivity contribution in [2.75, 3.05) is 24.3 Å². The second kappa shape index (κ2) is 4.82. The molecule has 0 radical (unpaired) electrons. The van der Waals surface area contributed by atoms with E-state index in [-0.39, 0.29) is 0 Å². The van der Waals surface area contributed by atoms with Gasteiger partial charge in [0.25, 0.3) is 0 Å². The van der Waals surface area contributed by atoms with Crippen molar-refractivity contribution in [3.8, 4) is 5.75 Å². The summed E-state index contributed by atoms with van der Waals surface area (Å²) in [5.74, 6) is 2.09. The van der Waals surface area contributed by atoms with Crippen LogP contribution in [0, 0.1) is 0 Å². The van der Waals surface area contributed by atoms with Crippen molar-refractivity contribution in [3.63, 3.8) is 0 Å². The number of hydrogen-bond acceptors (Lipinski definition) is 4. The van der Waals surface area contributed by atoms with Gasteiger partial charge in [0.15, 0.2) is 11.9 Å². The first-order valence-electron chi connectivity index (χ1n) is 3.58. The van der Waals surface area contributed by atoms with Crippen molar-refractivity contribution in [1.82, 2.24) is 4.98 Å². The molecule has 66 valence electrons. The number of H-pyrrole nitrogens is 1. The first-order chi connectivity index (χ1) is 5.83. The summed E-state index contributed by atoms with van der Waals surface area (Å²) in [5, 5.41) is 0. The van der Waals surface area contributed by atoms with Crippen LogP contribution in [-0.4, -0.2) is 23.6 Å². The fourth-order valence-corrected chi connectivity index (χ4v) is 0.925. The first kappa shape index (κ1) is 9.12. The van der Waals surface area contributed by atoms with Gasteiger partial charge in [0.2, 0.25) is 0 Å². The maximum absolute atomic E-state index is 5.36. The third-order valence-electron chi connectivity index (χ3n) is 1.25. The third-order valence-corrected chi connectivity index (χ3v) is 1.82. The molecule has 0 fully saturated rings. The molecule has 0 amide bonds. The van der Waals surface area contributed by atoms with Gasteiger partial charge in [-0.1, -0.05) is 4.98 Å². The summed E-state index contributed by atoms with van der Waals surface area (Å²) in [5.41, 5.74) is 5.36. The Labute approximate surface area is 75.5 Å². The topological polar surface area (TPSA) is 62.3 Å². The molecule has 0 aliphatic heterocycles. The van der Waals surface area contributed by atoms with Crippen LogP contribution in [0.15, 0.2) is 12.4 Å². The summed E-state index contributed by atoms with van der Waals surface area (Å²) in [4.78, 5) is 6.61. The molecule has 0 aromatic carbocycles. The summed E-state index contributed by atoms with van der Waals surface area (Å²) >= 11 is 1.74. The van der Waals surface area contributed by atoms with Crippen molar-refractivity contribution < 1.29 is 9.72 Å². The first-order valence-corrected chi connectivity index (χ1v) is 4.97. The molecule has 0 saturated heterocycles. The summed E-state index contributed by atoms with van der Waals surface area (Å²) in [7, 11) is 0. The zero-order valence-electron chi connectivity index (χ0n) is 6.91. The van der Waals surface area contributed by atoms with Crippen LogP contribution in [0.25, 0.3) is 0 Å².